The van der Waals surface area contributed by atoms with Gasteiger partial charge in [-0.15, -0.1) is 0 Å². The van der Waals surface area contributed by atoms with Gasteiger partial charge < -0.3 is 19.1 Å². The van der Waals surface area contributed by atoms with E-state index < -0.39 is 0 Å². The number of hydrogen-bond donors (Lipinski definition) is 0. The summed E-state index contributed by atoms with van der Waals surface area (Å²) in [5.41, 5.74) is 2.00. The average Bonchev–Trinajstić information content (AvgIpc) is 2.66. The summed E-state index contributed by atoms with van der Waals surface area (Å²) >= 11 is 0. The van der Waals surface area contributed by atoms with Crippen molar-refractivity contribution in [2.45, 2.75) is 25.8 Å². The van der Waals surface area contributed by atoms with Gasteiger partial charge in [0, 0.05) is 17.3 Å². The van der Waals surface area contributed by atoms with Gasteiger partial charge in [0.1, 0.15) is 5.82 Å². The predicted molar refractivity (Wildman–Crippen MR) is 97.1 cm³/mol. The van der Waals surface area contributed by atoms with Gasteiger partial charge in [0.15, 0.2) is 11.5 Å². The zero-order valence-corrected chi connectivity index (χ0v) is 15.3. The molecule has 0 saturated carbocycles. The fourth-order valence-corrected chi connectivity index (χ4v) is 3.37. The number of rotatable bonds is 4. The summed E-state index contributed by atoms with van der Waals surface area (Å²) < 4.78 is 29.6. The number of amides is 1. The third kappa shape index (κ3) is 3.07. The maximum atomic E-state index is 13.6. The number of ether oxygens (including phenoxy) is 3. The number of nitrogens with zero attached hydrogens (tertiary/aromatic N) is 1. The zero-order valence-electron chi connectivity index (χ0n) is 15.3. The highest BCUT2D eigenvalue weighted by atomic mass is 19.1. The highest BCUT2D eigenvalue weighted by Gasteiger charge is 2.30. The largest absolute Gasteiger partial charge is 0.493 e. The van der Waals surface area contributed by atoms with Gasteiger partial charge in [-0.1, -0.05) is 0 Å². The number of carbonyl (C=O) groups excluding carboxylic acids is 1. The molecule has 0 N–H and O–H groups in total. The number of anilines is 1. The van der Waals surface area contributed by atoms with Crippen molar-refractivity contribution in [1.29, 1.82) is 0 Å². The van der Waals surface area contributed by atoms with Crippen LogP contribution in [0, 0.1) is 5.82 Å². The van der Waals surface area contributed by atoms with E-state index in [0.29, 0.717) is 22.8 Å². The molecule has 6 heteroatoms. The first-order valence-corrected chi connectivity index (χ1v) is 8.42. The summed E-state index contributed by atoms with van der Waals surface area (Å²) in [5.74, 6) is 0.780. The standard InChI is InChI=1S/C20H22FNO4/c1-12-5-6-13-9-15(21)7-8-16(13)22(12)20(23)14-10-17(24-2)19(26-4)18(11-14)25-3/h7-12H,5-6H2,1-4H3/t12-/m0/s1. The highest BCUT2D eigenvalue weighted by Crippen LogP contribution is 2.40. The van der Waals surface area contributed by atoms with Gasteiger partial charge in [0.05, 0.1) is 21.3 Å². The van der Waals surface area contributed by atoms with Crippen molar-refractivity contribution in [3.8, 4) is 17.2 Å². The minimum Gasteiger partial charge on any atom is -0.493 e. The number of fused-ring (bicyclic) bond motifs is 1. The van der Waals surface area contributed by atoms with Gasteiger partial charge in [0.25, 0.3) is 5.91 Å². The fraction of sp³-hybridized carbons (Fsp3) is 0.350. The Morgan fingerprint density at radius 1 is 1.08 bits per heavy atom. The molecule has 0 bridgehead atoms. The first kappa shape index (κ1) is 18.0. The fourth-order valence-electron chi connectivity index (χ4n) is 3.37. The molecule has 26 heavy (non-hydrogen) atoms. The smallest absolute Gasteiger partial charge is 0.258 e. The second kappa shape index (κ2) is 7.23. The van der Waals surface area contributed by atoms with E-state index >= 15 is 0 Å². The van der Waals surface area contributed by atoms with Gasteiger partial charge in [-0.3, -0.25) is 4.79 Å². The molecule has 2 aromatic rings. The predicted octanol–water partition coefficient (Wildman–Crippen LogP) is 3.83. The molecule has 0 radical (unpaired) electrons. The lowest BCUT2D eigenvalue weighted by atomic mass is 9.95. The van der Waals surface area contributed by atoms with Crippen LogP contribution in [0.5, 0.6) is 17.2 Å². The maximum absolute atomic E-state index is 13.6. The van der Waals surface area contributed by atoms with Crippen LogP contribution < -0.4 is 19.1 Å². The molecular weight excluding hydrogens is 337 g/mol. The molecule has 2 aromatic carbocycles. The molecule has 0 aliphatic carbocycles. The summed E-state index contributed by atoms with van der Waals surface area (Å²) in [5, 5.41) is 0. The molecule has 1 aliphatic heterocycles. The average molecular weight is 359 g/mol. The van der Waals surface area contributed by atoms with E-state index in [4.69, 9.17) is 14.2 Å². The van der Waals surface area contributed by atoms with Crippen molar-refractivity contribution in [2.24, 2.45) is 0 Å². The van der Waals surface area contributed by atoms with Crippen molar-refractivity contribution in [2.75, 3.05) is 26.2 Å². The highest BCUT2D eigenvalue weighted by molar-refractivity contribution is 6.08. The first-order valence-electron chi connectivity index (χ1n) is 8.42. The van der Waals surface area contributed by atoms with E-state index in [2.05, 4.69) is 0 Å². The Labute approximate surface area is 152 Å². The molecule has 1 heterocycles. The molecule has 0 aromatic heterocycles. The summed E-state index contributed by atoms with van der Waals surface area (Å²) in [6, 6.07) is 7.81. The Morgan fingerprint density at radius 2 is 1.73 bits per heavy atom. The molecule has 1 aliphatic rings. The lowest BCUT2D eigenvalue weighted by Crippen LogP contribution is -2.42. The van der Waals surface area contributed by atoms with Crippen molar-refractivity contribution >= 4 is 11.6 Å². The van der Waals surface area contributed by atoms with Crippen LogP contribution in [0.4, 0.5) is 10.1 Å². The number of methoxy groups -OCH3 is 3. The van der Waals surface area contributed by atoms with E-state index in [1.807, 2.05) is 6.92 Å². The van der Waals surface area contributed by atoms with E-state index in [1.165, 1.54) is 33.5 Å². The molecule has 1 amide bonds. The lowest BCUT2D eigenvalue weighted by Gasteiger charge is -2.35. The van der Waals surface area contributed by atoms with Crippen LogP contribution in [0.3, 0.4) is 0 Å². The van der Waals surface area contributed by atoms with Crippen molar-refractivity contribution in [3.63, 3.8) is 0 Å². The van der Waals surface area contributed by atoms with Crippen LogP contribution in [-0.2, 0) is 6.42 Å². The molecule has 3 rings (SSSR count). The zero-order chi connectivity index (χ0) is 18.8. The minimum atomic E-state index is -0.293. The topological polar surface area (TPSA) is 48.0 Å². The number of carbonyl (C=O) groups is 1. The quantitative estimate of drug-likeness (QED) is 0.832. The van der Waals surface area contributed by atoms with Crippen LogP contribution in [0.15, 0.2) is 30.3 Å². The van der Waals surface area contributed by atoms with Crippen LogP contribution in [0.1, 0.15) is 29.3 Å². The Bertz CT molecular complexity index is 812. The minimum absolute atomic E-state index is 0.000414. The number of hydrogen-bond acceptors (Lipinski definition) is 4. The van der Waals surface area contributed by atoms with E-state index in [9.17, 15) is 9.18 Å². The van der Waals surface area contributed by atoms with Crippen molar-refractivity contribution in [3.05, 3.63) is 47.3 Å². The summed E-state index contributed by atoms with van der Waals surface area (Å²) in [7, 11) is 4.53. The van der Waals surface area contributed by atoms with Crippen LogP contribution in [0.25, 0.3) is 0 Å². The number of aryl methyl sites for hydroxylation is 1. The van der Waals surface area contributed by atoms with E-state index in [0.717, 1.165) is 24.1 Å². The van der Waals surface area contributed by atoms with E-state index in [1.54, 1.807) is 23.1 Å². The van der Waals surface area contributed by atoms with Gasteiger partial charge in [-0.25, -0.2) is 4.39 Å². The number of benzene rings is 2. The molecule has 0 fully saturated rings. The Morgan fingerprint density at radius 3 is 2.31 bits per heavy atom. The molecule has 5 nitrogen and oxygen atoms in total. The molecule has 0 saturated heterocycles. The second-order valence-corrected chi connectivity index (χ2v) is 6.25. The van der Waals surface area contributed by atoms with Gasteiger partial charge in [-0.2, -0.15) is 0 Å². The second-order valence-electron chi connectivity index (χ2n) is 6.25. The van der Waals surface area contributed by atoms with Crippen LogP contribution in [-0.4, -0.2) is 33.3 Å². The monoisotopic (exact) mass is 359 g/mol. The first-order chi connectivity index (χ1) is 12.5. The number of halogens is 1. The molecule has 0 unspecified atom stereocenters. The normalized spacial score (nSPS) is 16.0. The SMILES string of the molecule is COc1cc(C(=O)N2c3ccc(F)cc3CC[C@@H]2C)cc(OC)c1OC. The van der Waals surface area contributed by atoms with Crippen LogP contribution >= 0.6 is 0 Å². The third-order valence-electron chi connectivity index (χ3n) is 4.70. The Kier molecular flexibility index (Phi) is 5.02. The molecular formula is C20H22FNO4. The lowest BCUT2D eigenvalue weighted by molar-refractivity contribution is 0.0974. The Hall–Kier alpha value is -2.76. The molecule has 138 valence electrons. The van der Waals surface area contributed by atoms with Crippen molar-refractivity contribution < 1.29 is 23.4 Å². The summed E-state index contributed by atoms with van der Waals surface area (Å²) in [6.07, 6.45) is 1.51. The summed E-state index contributed by atoms with van der Waals surface area (Å²) in [6.45, 7) is 1.99. The molecule has 1 atom stereocenters. The third-order valence-corrected chi connectivity index (χ3v) is 4.70. The van der Waals surface area contributed by atoms with Gasteiger partial charge >= 0.3 is 0 Å². The molecule has 0 spiro atoms. The van der Waals surface area contributed by atoms with Crippen molar-refractivity contribution in [1.82, 2.24) is 0 Å². The maximum Gasteiger partial charge on any atom is 0.258 e. The summed E-state index contributed by atoms with van der Waals surface area (Å²) in [4.78, 5) is 15.0. The van der Waals surface area contributed by atoms with E-state index in [-0.39, 0.29) is 17.8 Å². The van der Waals surface area contributed by atoms with Gasteiger partial charge in [-0.05, 0) is 55.7 Å². The Balaban J connectivity index is 2.07. The van der Waals surface area contributed by atoms with Gasteiger partial charge in [0.2, 0.25) is 5.75 Å². The van der Waals surface area contributed by atoms with Crippen LogP contribution in [0.2, 0.25) is 0 Å².